The van der Waals surface area contributed by atoms with Crippen LogP contribution in [-0.2, 0) is 17.8 Å². The van der Waals surface area contributed by atoms with Crippen molar-refractivity contribution in [2.75, 3.05) is 26.2 Å². The van der Waals surface area contributed by atoms with Crippen LogP contribution in [0.25, 0.3) is 5.65 Å². The lowest BCUT2D eigenvalue weighted by molar-refractivity contribution is -0.133. The zero-order chi connectivity index (χ0) is 21.1. The van der Waals surface area contributed by atoms with Gasteiger partial charge in [0.05, 0.1) is 11.4 Å². The average Bonchev–Trinajstić information content (AvgIpc) is 3.04. The van der Waals surface area contributed by atoms with Gasteiger partial charge >= 0.3 is 0 Å². The summed E-state index contributed by atoms with van der Waals surface area (Å²) in [5.41, 5.74) is 7.19. The first-order chi connectivity index (χ1) is 14.5. The van der Waals surface area contributed by atoms with Crippen molar-refractivity contribution < 1.29 is 4.79 Å². The normalized spacial score (nSPS) is 15.1. The summed E-state index contributed by atoms with van der Waals surface area (Å²) in [5, 5.41) is 0. The molecule has 0 unspecified atom stereocenters. The molecule has 1 aromatic carbocycles. The molecule has 3 heterocycles. The Hall–Kier alpha value is -2.66. The molecule has 158 valence electrons. The van der Waals surface area contributed by atoms with Gasteiger partial charge in [0, 0.05) is 45.3 Å². The number of rotatable bonds is 6. The highest BCUT2D eigenvalue weighted by Crippen LogP contribution is 2.17. The number of hydrogen-bond acceptors (Lipinski definition) is 3. The van der Waals surface area contributed by atoms with Gasteiger partial charge in [-0.2, -0.15) is 0 Å². The maximum Gasteiger partial charge on any atom is 0.222 e. The standard InChI is InChI=1S/C25H32N4O/c1-19-7-9-22(10-8-19)5-4-6-25(30)28-15-13-27(14-16-28)18-23-21(3)26-24-17-20(2)11-12-29(23)24/h7-12,17H,4-6,13-16,18H2,1-3H3. The number of piperazine rings is 1. The number of fused-ring (bicyclic) bond motifs is 1. The lowest BCUT2D eigenvalue weighted by Crippen LogP contribution is -2.48. The molecule has 0 aliphatic carbocycles. The van der Waals surface area contributed by atoms with Crippen molar-refractivity contribution in [1.82, 2.24) is 19.2 Å². The smallest absolute Gasteiger partial charge is 0.222 e. The number of aryl methyl sites for hydroxylation is 4. The third kappa shape index (κ3) is 4.73. The first-order valence-corrected chi connectivity index (χ1v) is 11.0. The minimum Gasteiger partial charge on any atom is -0.340 e. The minimum absolute atomic E-state index is 0.295. The summed E-state index contributed by atoms with van der Waals surface area (Å²) in [5.74, 6) is 0.295. The first kappa shape index (κ1) is 20.6. The number of nitrogens with zero attached hydrogens (tertiary/aromatic N) is 4. The molecule has 5 heteroatoms. The maximum atomic E-state index is 12.6. The number of amides is 1. The summed E-state index contributed by atoms with van der Waals surface area (Å²) in [6, 6.07) is 12.9. The number of benzene rings is 1. The molecule has 4 rings (SSSR count). The topological polar surface area (TPSA) is 40.9 Å². The molecule has 2 aromatic heterocycles. The maximum absolute atomic E-state index is 12.6. The third-order valence-electron chi connectivity index (χ3n) is 6.16. The highest BCUT2D eigenvalue weighted by atomic mass is 16.2. The van der Waals surface area contributed by atoms with Gasteiger partial charge in [-0.25, -0.2) is 4.98 Å². The summed E-state index contributed by atoms with van der Waals surface area (Å²) in [4.78, 5) is 21.8. The predicted octanol–water partition coefficient (Wildman–Crippen LogP) is 3.93. The molecule has 1 saturated heterocycles. The van der Waals surface area contributed by atoms with Crippen molar-refractivity contribution in [3.8, 4) is 0 Å². The molecule has 0 radical (unpaired) electrons. The van der Waals surface area contributed by atoms with Gasteiger partial charge in [0.25, 0.3) is 0 Å². The summed E-state index contributed by atoms with van der Waals surface area (Å²) >= 11 is 0. The van der Waals surface area contributed by atoms with Crippen LogP contribution in [0.15, 0.2) is 42.6 Å². The van der Waals surface area contributed by atoms with Gasteiger partial charge in [0.1, 0.15) is 5.65 Å². The number of imidazole rings is 1. The van der Waals surface area contributed by atoms with Crippen LogP contribution in [0.4, 0.5) is 0 Å². The van der Waals surface area contributed by atoms with Crippen LogP contribution in [0.2, 0.25) is 0 Å². The van der Waals surface area contributed by atoms with Crippen LogP contribution < -0.4 is 0 Å². The SMILES string of the molecule is Cc1ccc(CCCC(=O)N2CCN(Cc3c(C)nc4cc(C)ccn34)CC2)cc1. The van der Waals surface area contributed by atoms with Crippen molar-refractivity contribution in [2.45, 2.75) is 46.6 Å². The Morgan fingerprint density at radius 1 is 0.967 bits per heavy atom. The molecule has 5 nitrogen and oxygen atoms in total. The van der Waals surface area contributed by atoms with Crippen LogP contribution in [0.1, 0.15) is 40.9 Å². The van der Waals surface area contributed by atoms with Gasteiger partial charge in [-0.3, -0.25) is 9.69 Å². The van der Waals surface area contributed by atoms with Crippen LogP contribution in [0.3, 0.4) is 0 Å². The van der Waals surface area contributed by atoms with Crippen LogP contribution in [-0.4, -0.2) is 51.3 Å². The molecule has 3 aromatic rings. The second-order valence-corrected chi connectivity index (χ2v) is 8.57. The molecule has 1 aliphatic heterocycles. The van der Waals surface area contributed by atoms with Gasteiger partial charge in [-0.1, -0.05) is 29.8 Å². The van der Waals surface area contributed by atoms with E-state index in [1.807, 2.05) is 4.90 Å². The highest BCUT2D eigenvalue weighted by Gasteiger charge is 2.22. The van der Waals surface area contributed by atoms with Crippen molar-refractivity contribution in [1.29, 1.82) is 0 Å². The zero-order valence-electron chi connectivity index (χ0n) is 18.4. The number of aromatic nitrogens is 2. The molecule has 1 fully saturated rings. The monoisotopic (exact) mass is 404 g/mol. The van der Waals surface area contributed by atoms with Gasteiger partial charge in [0.15, 0.2) is 0 Å². The van der Waals surface area contributed by atoms with E-state index in [0.29, 0.717) is 12.3 Å². The van der Waals surface area contributed by atoms with E-state index in [2.05, 4.69) is 72.7 Å². The van der Waals surface area contributed by atoms with E-state index < -0.39 is 0 Å². The second kappa shape index (κ2) is 9.00. The first-order valence-electron chi connectivity index (χ1n) is 11.0. The highest BCUT2D eigenvalue weighted by molar-refractivity contribution is 5.76. The van der Waals surface area contributed by atoms with E-state index in [1.54, 1.807) is 0 Å². The number of carbonyl (C=O) groups excluding carboxylic acids is 1. The summed E-state index contributed by atoms with van der Waals surface area (Å²) < 4.78 is 2.20. The number of pyridine rings is 1. The summed E-state index contributed by atoms with van der Waals surface area (Å²) in [6.07, 6.45) is 4.65. The molecular weight excluding hydrogens is 372 g/mol. The van der Waals surface area contributed by atoms with E-state index in [1.165, 1.54) is 22.4 Å². The van der Waals surface area contributed by atoms with Crippen LogP contribution in [0, 0.1) is 20.8 Å². The van der Waals surface area contributed by atoms with Crippen molar-refractivity contribution in [3.63, 3.8) is 0 Å². The summed E-state index contributed by atoms with van der Waals surface area (Å²) in [6.45, 7) is 10.6. The molecular formula is C25H32N4O. The van der Waals surface area contributed by atoms with Crippen molar-refractivity contribution in [3.05, 3.63) is 70.7 Å². The fraction of sp³-hybridized carbons (Fsp3) is 0.440. The van der Waals surface area contributed by atoms with Gasteiger partial charge in [-0.15, -0.1) is 0 Å². The molecule has 0 atom stereocenters. The van der Waals surface area contributed by atoms with Gasteiger partial charge in [-0.05, 0) is 56.9 Å². The Kier molecular flexibility index (Phi) is 6.18. The van der Waals surface area contributed by atoms with Crippen LogP contribution in [0.5, 0.6) is 0 Å². The molecule has 1 amide bonds. The predicted molar refractivity (Wildman–Crippen MR) is 121 cm³/mol. The molecule has 0 spiro atoms. The number of carbonyl (C=O) groups is 1. The average molecular weight is 405 g/mol. The van der Waals surface area contributed by atoms with Crippen LogP contribution >= 0.6 is 0 Å². The molecule has 0 saturated carbocycles. The minimum atomic E-state index is 0.295. The lowest BCUT2D eigenvalue weighted by Gasteiger charge is -2.34. The lowest BCUT2D eigenvalue weighted by atomic mass is 10.1. The number of hydrogen-bond donors (Lipinski definition) is 0. The Morgan fingerprint density at radius 2 is 1.70 bits per heavy atom. The molecule has 1 aliphatic rings. The van der Waals surface area contributed by atoms with Crippen molar-refractivity contribution in [2.24, 2.45) is 0 Å². The fourth-order valence-corrected chi connectivity index (χ4v) is 4.23. The van der Waals surface area contributed by atoms with E-state index >= 15 is 0 Å². The second-order valence-electron chi connectivity index (χ2n) is 8.57. The van der Waals surface area contributed by atoms with E-state index in [9.17, 15) is 4.79 Å². The quantitative estimate of drug-likeness (QED) is 0.625. The third-order valence-corrected chi connectivity index (χ3v) is 6.16. The van der Waals surface area contributed by atoms with Gasteiger partial charge in [0.2, 0.25) is 5.91 Å². The molecule has 0 bridgehead atoms. The Balaban J connectivity index is 1.26. The largest absolute Gasteiger partial charge is 0.340 e. The van der Waals surface area contributed by atoms with E-state index in [0.717, 1.165) is 56.9 Å². The zero-order valence-corrected chi connectivity index (χ0v) is 18.4. The Bertz CT molecular complexity index is 1010. The summed E-state index contributed by atoms with van der Waals surface area (Å²) in [7, 11) is 0. The molecule has 0 N–H and O–H groups in total. The van der Waals surface area contributed by atoms with E-state index in [4.69, 9.17) is 4.98 Å². The van der Waals surface area contributed by atoms with Crippen molar-refractivity contribution >= 4 is 11.6 Å². The Labute approximate surface area is 179 Å². The molecule has 30 heavy (non-hydrogen) atoms. The van der Waals surface area contributed by atoms with Gasteiger partial charge < -0.3 is 9.30 Å². The van der Waals surface area contributed by atoms with E-state index in [-0.39, 0.29) is 0 Å². The Morgan fingerprint density at radius 3 is 2.43 bits per heavy atom. The fourth-order valence-electron chi connectivity index (χ4n) is 4.23.